The quantitative estimate of drug-likeness (QED) is 0.722. The first kappa shape index (κ1) is 11.0. The second kappa shape index (κ2) is 3.96. The number of hydrogen-bond donors (Lipinski definition) is 0. The van der Waals surface area contributed by atoms with E-state index in [-0.39, 0.29) is 5.69 Å². The Morgan fingerprint density at radius 2 is 2.14 bits per heavy atom. The summed E-state index contributed by atoms with van der Waals surface area (Å²) in [5, 5.41) is -1.15. The van der Waals surface area contributed by atoms with E-state index in [4.69, 9.17) is 11.6 Å². The van der Waals surface area contributed by atoms with Crippen LogP contribution in [0.5, 0.6) is 0 Å². The molecule has 6 heteroatoms. The Kier molecular flexibility index (Phi) is 3.10. The Labute approximate surface area is 82.7 Å². The summed E-state index contributed by atoms with van der Waals surface area (Å²) >= 11 is 5.00. The molecule has 0 N–H and O–H groups in total. The highest BCUT2D eigenvalue weighted by Crippen LogP contribution is 2.27. The van der Waals surface area contributed by atoms with Crippen molar-refractivity contribution in [2.45, 2.75) is 13.3 Å². The van der Waals surface area contributed by atoms with E-state index in [0.29, 0.717) is 0 Å². The molecule has 0 radical (unpaired) electrons. The first-order valence-corrected chi connectivity index (χ1v) is 3.96. The predicted molar refractivity (Wildman–Crippen MR) is 44.1 cm³/mol. The van der Waals surface area contributed by atoms with Crippen LogP contribution in [0.3, 0.4) is 0 Å². The minimum absolute atomic E-state index is 0.193. The summed E-state index contributed by atoms with van der Waals surface area (Å²) in [7, 11) is 0. The molecule has 0 unspecified atom stereocenters. The fourth-order valence-corrected chi connectivity index (χ4v) is 1.12. The van der Waals surface area contributed by atoms with E-state index in [2.05, 4.69) is 4.98 Å². The molecule has 1 aromatic heterocycles. The Morgan fingerprint density at radius 3 is 2.57 bits per heavy atom. The van der Waals surface area contributed by atoms with Crippen LogP contribution >= 0.6 is 11.6 Å². The van der Waals surface area contributed by atoms with Gasteiger partial charge >= 0.3 is 0 Å². The van der Waals surface area contributed by atoms with Gasteiger partial charge in [-0.25, -0.2) is 13.2 Å². The summed E-state index contributed by atoms with van der Waals surface area (Å²) in [5.41, 5.74) is -1.77. The summed E-state index contributed by atoms with van der Waals surface area (Å²) < 4.78 is 37.8. The molecular formula is C8H5ClF3NO. The molecule has 1 aromatic rings. The molecule has 0 atom stereocenters. The average molecular weight is 224 g/mol. The van der Waals surface area contributed by atoms with Gasteiger partial charge < -0.3 is 0 Å². The third-order valence-electron chi connectivity index (χ3n) is 1.66. The number of carbonyl (C=O) groups is 1. The highest BCUT2D eigenvalue weighted by molar-refractivity contribution is 6.67. The van der Waals surface area contributed by atoms with Gasteiger partial charge in [-0.2, -0.15) is 0 Å². The zero-order valence-corrected chi connectivity index (χ0v) is 7.78. The Hall–Kier alpha value is -1.10. The van der Waals surface area contributed by atoms with Crippen molar-refractivity contribution >= 4 is 16.8 Å². The van der Waals surface area contributed by atoms with Gasteiger partial charge in [0.15, 0.2) is 5.82 Å². The normalized spacial score (nSPS) is 10.7. The van der Waals surface area contributed by atoms with Crippen LogP contribution in [0.1, 0.15) is 28.0 Å². The van der Waals surface area contributed by atoms with Gasteiger partial charge in [-0.05, 0) is 18.5 Å². The maximum absolute atomic E-state index is 13.1. The molecule has 0 aliphatic carbocycles. The molecule has 1 heterocycles. The van der Waals surface area contributed by atoms with Gasteiger partial charge in [-0.3, -0.25) is 9.78 Å². The topological polar surface area (TPSA) is 30.0 Å². The number of carbonyl (C=O) groups excluding carboxylic acids is 1. The van der Waals surface area contributed by atoms with Crippen molar-refractivity contribution in [3.05, 3.63) is 28.8 Å². The first-order valence-electron chi connectivity index (χ1n) is 3.58. The lowest BCUT2D eigenvalue weighted by molar-refractivity contribution is 0.106. The van der Waals surface area contributed by atoms with E-state index in [9.17, 15) is 18.0 Å². The van der Waals surface area contributed by atoms with Crippen molar-refractivity contribution in [1.82, 2.24) is 4.98 Å². The van der Waals surface area contributed by atoms with Gasteiger partial charge in [0.05, 0.1) is 16.8 Å². The standard InChI is InChI=1S/C8H5ClF3NO/c1-3-6(10)5(8(11)12)4(2-13-3)7(9)14/h2,8H,1H3. The fourth-order valence-electron chi connectivity index (χ4n) is 0.971. The zero-order chi connectivity index (χ0) is 10.9. The lowest BCUT2D eigenvalue weighted by atomic mass is 10.1. The van der Waals surface area contributed by atoms with Crippen LogP contribution in [0, 0.1) is 12.7 Å². The minimum Gasteiger partial charge on any atom is -0.276 e. The summed E-state index contributed by atoms with van der Waals surface area (Å²) in [6.07, 6.45) is -2.25. The molecule has 1 rings (SSSR count). The van der Waals surface area contributed by atoms with Crippen LogP contribution in [-0.4, -0.2) is 10.2 Å². The number of aromatic nitrogens is 1. The van der Waals surface area contributed by atoms with E-state index in [0.717, 1.165) is 6.20 Å². The van der Waals surface area contributed by atoms with Crippen molar-refractivity contribution < 1.29 is 18.0 Å². The Bertz CT molecular complexity index is 381. The maximum Gasteiger partial charge on any atom is 0.267 e. The van der Waals surface area contributed by atoms with E-state index in [1.165, 1.54) is 6.92 Å². The van der Waals surface area contributed by atoms with Crippen molar-refractivity contribution in [2.24, 2.45) is 0 Å². The molecule has 0 amide bonds. The number of nitrogens with zero attached hydrogens (tertiary/aromatic N) is 1. The third kappa shape index (κ3) is 1.87. The van der Waals surface area contributed by atoms with Crippen LogP contribution in [0.4, 0.5) is 13.2 Å². The van der Waals surface area contributed by atoms with E-state index in [1.807, 2.05) is 0 Å². The number of alkyl halides is 2. The molecule has 0 aliphatic rings. The summed E-state index contributed by atoms with van der Waals surface area (Å²) in [5.74, 6) is -1.19. The second-order valence-corrected chi connectivity index (χ2v) is 2.90. The summed E-state index contributed by atoms with van der Waals surface area (Å²) in [6.45, 7) is 1.23. The largest absolute Gasteiger partial charge is 0.276 e. The van der Waals surface area contributed by atoms with Crippen LogP contribution < -0.4 is 0 Å². The molecule has 0 saturated carbocycles. The van der Waals surface area contributed by atoms with Crippen LogP contribution in [-0.2, 0) is 0 Å². The Morgan fingerprint density at radius 1 is 1.57 bits per heavy atom. The number of pyridine rings is 1. The molecule has 0 aliphatic heterocycles. The van der Waals surface area contributed by atoms with Gasteiger partial charge in [-0.15, -0.1) is 0 Å². The summed E-state index contributed by atoms with van der Waals surface area (Å²) in [4.78, 5) is 14.1. The Balaban J connectivity index is 3.45. The van der Waals surface area contributed by atoms with Crippen molar-refractivity contribution in [3.63, 3.8) is 0 Å². The van der Waals surface area contributed by atoms with Crippen LogP contribution in [0.2, 0.25) is 0 Å². The molecule has 0 bridgehead atoms. The third-order valence-corrected chi connectivity index (χ3v) is 1.87. The average Bonchev–Trinajstić information content (AvgIpc) is 2.08. The molecular weight excluding hydrogens is 219 g/mol. The lowest BCUT2D eigenvalue weighted by Crippen LogP contribution is -2.05. The summed E-state index contributed by atoms with van der Waals surface area (Å²) in [6, 6.07) is 0. The van der Waals surface area contributed by atoms with Crippen molar-refractivity contribution in [2.75, 3.05) is 0 Å². The first-order chi connectivity index (χ1) is 6.45. The van der Waals surface area contributed by atoms with Crippen LogP contribution in [0.25, 0.3) is 0 Å². The molecule has 0 saturated heterocycles. The van der Waals surface area contributed by atoms with Gasteiger partial charge in [0.1, 0.15) is 0 Å². The number of aryl methyl sites for hydroxylation is 1. The molecule has 0 spiro atoms. The molecule has 14 heavy (non-hydrogen) atoms. The zero-order valence-electron chi connectivity index (χ0n) is 7.02. The van der Waals surface area contributed by atoms with E-state index >= 15 is 0 Å². The molecule has 0 fully saturated rings. The smallest absolute Gasteiger partial charge is 0.267 e. The van der Waals surface area contributed by atoms with Gasteiger partial charge in [0, 0.05) is 6.20 Å². The fraction of sp³-hybridized carbons (Fsp3) is 0.250. The maximum atomic E-state index is 13.1. The van der Waals surface area contributed by atoms with Crippen molar-refractivity contribution in [1.29, 1.82) is 0 Å². The van der Waals surface area contributed by atoms with Crippen LogP contribution in [0.15, 0.2) is 6.20 Å². The SMILES string of the molecule is Cc1ncc(C(=O)Cl)c(C(F)F)c1F. The molecule has 76 valence electrons. The lowest BCUT2D eigenvalue weighted by Gasteiger charge is -2.07. The monoisotopic (exact) mass is 223 g/mol. The number of rotatable bonds is 2. The van der Waals surface area contributed by atoms with Gasteiger partial charge in [0.25, 0.3) is 11.7 Å². The van der Waals surface area contributed by atoms with E-state index in [1.54, 1.807) is 0 Å². The van der Waals surface area contributed by atoms with E-state index < -0.39 is 28.6 Å². The molecule has 0 aromatic carbocycles. The molecule has 2 nitrogen and oxygen atoms in total. The van der Waals surface area contributed by atoms with Gasteiger partial charge in [-0.1, -0.05) is 0 Å². The van der Waals surface area contributed by atoms with Gasteiger partial charge in [0.2, 0.25) is 0 Å². The predicted octanol–water partition coefficient (Wildman–Crippen LogP) is 2.85. The second-order valence-electron chi connectivity index (χ2n) is 2.56. The number of hydrogen-bond acceptors (Lipinski definition) is 2. The minimum atomic E-state index is -3.09. The van der Waals surface area contributed by atoms with Crippen molar-refractivity contribution in [3.8, 4) is 0 Å². The number of halogens is 4. The highest BCUT2D eigenvalue weighted by Gasteiger charge is 2.23. The highest BCUT2D eigenvalue weighted by atomic mass is 35.5.